The summed E-state index contributed by atoms with van der Waals surface area (Å²) in [5.74, 6) is 1.35. The number of aromatic nitrogens is 2. The number of imidazole rings is 1. The van der Waals surface area contributed by atoms with Crippen LogP contribution in [0.2, 0.25) is 0 Å². The van der Waals surface area contributed by atoms with Gasteiger partial charge in [0.25, 0.3) is 0 Å². The fraction of sp³-hybridized carbons (Fsp3) is 0.533. The Balaban J connectivity index is 2.24. The maximum Gasteiger partial charge on any atom is 0.201 e. The van der Waals surface area contributed by atoms with Gasteiger partial charge in [0.2, 0.25) is 5.95 Å². The van der Waals surface area contributed by atoms with Crippen molar-refractivity contribution in [3.05, 3.63) is 18.2 Å². The number of ether oxygens (including phenoxy) is 1. The first kappa shape index (κ1) is 12.3. The number of hydrogen-bond donors (Lipinski definition) is 1. The molecular formula is C15H21N3O. The van der Waals surface area contributed by atoms with Crippen molar-refractivity contribution in [2.24, 2.45) is 10.8 Å². The summed E-state index contributed by atoms with van der Waals surface area (Å²) in [7, 11) is 1.66. The van der Waals surface area contributed by atoms with Crippen molar-refractivity contribution in [1.82, 2.24) is 9.55 Å². The fourth-order valence-corrected chi connectivity index (χ4v) is 3.35. The van der Waals surface area contributed by atoms with Gasteiger partial charge in [-0.05, 0) is 23.0 Å². The molecular weight excluding hydrogens is 238 g/mol. The Morgan fingerprint density at radius 2 is 1.84 bits per heavy atom. The van der Waals surface area contributed by atoms with Crippen molar-refractivity contribution in [1.29, 1.82) is 0 Å². The highest BCUT2D eigenvalue weighted by Gasteiger charge is 2.66. The highest BCUT2D eigenvalue weighted by molar-refractivity contribution is 5.84. The van der Waals surface area contributed by atoms with Crippen LogP contribution in [0, 0.1) is 10.8 Å². The molecule has 0 aliphatic heterocycles. The lowest BCUT2D eigenvalue weighted by molar-refractivity contribution is 0.419. The quantitative estimate of drug-likeness (QED) is 0.900. The molecule has 0 spiro atoms. The number of nitrogen functional groups attached to an aromatic ring is 1. The maximum absolute atomic E-state index is 6.16. The van der Waals surface area contributed by atoms with Gasteiger partial charge in [-0.2, -0.15) is 0 Å². The molecule has 2 aromatic rings. The largest absolute Gasteiger partial charge is 0.494 e. The van der Waals surface area contributed by atoms with E-state index in [1.165, 1.54) is 0 Å². The molecule has 1 heterocycles. The fourth-order valence-electron chi connectivity index (χ4n) is 3.35. The molecule has 1 saturated carbocycles. The number of hydrogen-bond acceptors (Lipinski definition) is 3. The molecule has 1 aromatic carbocycles. The smallest absolute Gasteiger partial charge is 0.201 e. The number of nitrogens with two attached hydrogens (primary N) is 1. The van der Waals surface area contributed by atoms with Gasteiger partial charge < -0.3 is 15.0 Å². The second kappa shape index (κ2) is 3.44. The van der Waals surface area contributed by atoms with E-state index in [4.69, 9.17) is 10.5 Å². The van der Waals surface area contributed by atoms with Crippen LogP contribution >= 0.6 is 0 Å². The summed E-state index contributed by atoms with van der Waals surface area (Å²) >= 11 is 0. The van der Waals surface area contributed by atoms with Crippen LogP contribution in [0.25, 0.3) is 11.0 Å². The third-order valence-electron chi connectivity index (χ3n) is 5.13. The average molecular weight is 259 g/mol. The van der Waals surface area contributed by atoms with E-state index in [1.54, 1.807) is 7.11 Å². The van der Waals surface area contributed by atoms with E-state index in [0.29, 0.717) is 12.0 Å². The molecule has 0 saturated heterocycles. The molecule has 4 heteroatoms. The minimum Gasteiger partial charge on any atom is -0.494 e. The summed E-state index contributed by atoms with van der Waals surface area (Å²) in [6, 6.07) is 6.34. The third kappa shape index (κ3) is 1.37. The Bertz CT molecular complexity index is 641. The first-order chi connectivity index (χ1) is 8.82. The topological polar surface area (TPSA) is 53.1 Å². The first-order valence-corrected chi connectivity index (χ1v) is 6.63. The number of benzene rings is 1. The SMILES string of the molecule is COc1cccc2c1nc(N)n2C1C(C)(C)C1(C)C. The number of anilines is 1. The van der Waals surface area contributed by atoms with Crippen molar-refractivity contribution in [3.8, 4) is 5.75 Å². The zero-order chi connectivity index (χ0) is 14.0. The molecule has 0 unspecified atom stereocenters. The number of fused-ring (bicyclic) bond motifs is 1. The number of nitrogens with zero attached hydrogens (tertiary/aromatic N) is 2. The van der Waals surface area contributed by atoms with Crippen molar-refractivity contribution in [3.63, 3.8) is 0 Å². The summed E-state index contributed by atoms with van der Waals surface area (Å²) in [4.78, 5) is 4.49. The minimum atomic E-state index is 0.220. The highest BCUT2D eigenvalue weighted by Crippen LogP contribution is 2.72. The van der Waals surface area contributed by atoms with E-state index in [1.807, 2.05) is 12.1 Å². The number of rotatable bonds is 2. The van der Waals surface area contributed by atoms with Gasteiger partial charge in [-0.1, -0.05) is 33.8 Å². The number of methoxy groups -OCH3 is 1. The Morgan fingerprint density at radius 3 is 2.37 bits per heavy atom. The summed E-state index contributed by atoms with van der Waals surface area (Å²) in [6.07, 6.45) is 0. The highest BCUT2D eigenvalue weighted by atomic mass is 16.5. The van der Waals surface area contributed by atoms with E-state index in [-0.39, 0.29) is 10.8 Å². The van der Waals surface area contributed by atoms with Crippen molar-refractivity contribution in [2.45, 2.75) is 33.7 Å². The predicted octanol–water partition coefficient (Wildman–Crippen LogP) is 3.23. The molecule has 0 atom stereocenters. The van der Waals surface area contributed by atoms with Gasteiger partial charge in [0.15, 0.2) is 0 Å². The molecule has 4 nitrogen and oxygen atoms in total. The minimum absolute atomic E-state index is 0.220. The second-order valence-corrected chi connectivity index (χ2v) is 6.51. The van der Waals surface area contributed by atoms with Crippen LogP contribution in [0.4, 0.5) is 5.95 Å². The zero-order valence-corrected chi connectivity index (χ0v) is 12.2. The van der Waals surface area contributed by atoms with Crippen LogP contribution in [0.15, 0.2) is 18.2 Å². The monoisotopic (exact) mass is 259 g/mol. The molecule has 1 aliphatic rings. The predicted molar refractivity (Wildman–Crippen MR) is 77.3 cm³/mol. The summed E-state index contributed by atoms with van der Waals surface area (Å²) in [5, 5.41) is 0. The van der Waals surface area contributed by atoms with Crippen molar-refractivity contribution < 1.29 is 4.74 Å². The first-order valence-electron chi connectivity index (χ1n) is 6.63. The van der Waals surface area contributed by atoms with Crippen LogP contribution in [0.5, 0.6) is 5.75 Å². The van der Waals surface area contributed by atoms with Gasteiger partial charge in [0.1, 0.15) is 11.3 Å². The molecule has 1 aromatic heterocycles. The van der Waals surface area contributed by atoms with Gasteiger partial charge in [-0.25, -0.2) is 4.98 Å². The van der Waals surface area contributed by atoms with Crippen LogP contribution in [0.1, 0.15) is 33.7 Å². The van der Waals surface area contributed by atoms with Gasteiger partial charge in [-0.3, -0.25) is 0 Å². The summed E-state index contributed by atoms with van der Waals surface area (Å²) in [5.41, 5.74) is 8.50. The second-order valence-electron chi connectivity index (χ2n) is 6.51. The summed E-state index contributed by atoms with van der Waals surface area (Å²) < 4.78 is 7.53. The Hall–Kier alpha value is -1.71. The van der Waals surface area contributed by atoms with E-state index in [0.717, 1.165) is 16.8 Å². The standard InChI is InChI=1S/C15H21N3O/c1-14(2)12(15(14,3)4)18-9-7-6-8-10(19-5)11(9)17-13(18)16/h6-8,12H,1-5H3,(H2,16,17). The van der Waals surface area contributed by atoms with Crippen LogP contribution in [-0.2, 0) is 0 Å². The van der Waals surface area contributed by atoms with Crippen molar-refractivity contribution >= 4 is 17.0 Å². The molecule has 102 valence electrons. The molecule has 19 heavy (non-hydrogen) atoms. The Kier molecular flexibility index (Phi) is 2.23. The van der Waals surface area contributed by atoms with Crippen LogP contribution in [-0.4, -0.2) is 16.7 Å². The molecule has 3 rings (SSSR count). The Labute approximate surface area is 113 Å². The van der Waals surface area contributed by atoms with Crippen LogP contribution in [0.3, 0.4) is 0 Å². The van der Waals surface area contributed by atoms with Crippen LogP contribution < -0.4 is 10.5 Å². The summed E-state index contributed by atoms with van der Waals surface area (Å²) in [6.45, 7) is 9.12. The molecule has 0 radical (unpaired) electrons. The van der Waals surface area contributed by atoms with E-state index in [2.05, 4.69) is 43.3 Å². The van der Waals surface area contributed by atoms with E-state index < -0.39 is 0 Å². The van der Waals surface area contributed by atoms with Gasteiger partial charge in [0, 0.05) is 6.04 Å². The Morgan fingerprint density at radius 1 is 1.21 bits per heavy atom. The average Bonchev–Trinajstić information content (AvgIpc) is 2.62. The van der Waals surface area contributed by atoms with Gasteiger partial charge in [-0.15, -0.1) is 0 Å². The molecule has 1 fully saturated rings. The van der Waals surface area contributed by atoms with E-state index >= 15 is 0 Å². The molecule has 0 amide bonds. The number of para-hydroxylation sites is 1. The molecule has 2 N–H and O–H groups in total. The molecule has 0 bridgehead atoms. The van der Waals surface area contributed by atoms with Gasteiger partial charge >= 0.3 is 0 Å². The lowest BCUT2D eigenvalue weighted by atomic mass is 10.0. The normalized spacial score (nSPS) is 20.7. The lowest BCUT2D eigenvalue weighted by Crippen LogP contribution is -2.05. The molecule has 1 aliphatic carbocycles. The van der Waals surface area contributed by atoms with Gasteiger partial charge in [0.05, 0.1) is 12.6 Å². The van der Waals surface area contributed by atoms with Crippen molar-refractivity contribution in [2.75, 3.05) is 12.8 Å². The van der Waals surface area contributed by atoms with E-state index in [9.17, 15) is 0 Å². The maximum atomic E-state index is 6.16. The zero-order valence-electron chi connectivity index (χ0n) is 12.2. The third-order valence-corrected chi connectivity index (χ3v) is 5.13. The lowest BCUT2D eigenvalue weighted by Gasteiger charge is -2.09.